The maximum atomic E-state index is 12.8. The highest BCUT2D eigenvalue weighted by atomic mass is 32.2. The lowest BCUT2D eigenvalue weighted by atomic mass is 10.0. The molecule has 1 aromatic carbocycles. The first-order chi connectivity index (χ1) is 20.0. The van der Waals surface area contributed by atoms with Gasteiger partial charge in [-0.2, -0.15) is 0 Å². The molecule has 4 aromatic rings. The third-order valence-corrected chi connectivity index (χ3v) is 8.69. The Morgan fingerprint density at radius 3 is 2.05 bits per heavy atom. The van der Waals surface area contributed by atoms with E-state index in [1.807, 2.05) is 29.6 Å². The van der Waals surface area contributed by atoms with E-state index in [0.29, 0.717) is 11.4 Å². The zero-order valence-corrected chi connectivity index (χ0v) is 25.1. The number of thiophene rings is 1. The molecule has 1 unspecified atom stereocenters. The van der Waals surface area contributed by atoms with E-state index in [9.17, 15) is 4.21 Å². The Bertz CT molecular complexity index is 1780. The molecular formula is C34H27N3OS3. The molecule has 3 heterocycles. The fourth-order valence-corrected chi connectivity index (χ4v) is 6.58. The number of fused-ring (bicyclic) bond motifs is 1. The van der Waals surface area contributed by atoms with Crippen LogP contribution in [0.25, 0.3) is 32.0 Å². The van der Waals surface area contributed by atoms with Crippen molar-refractivity contribution in [2.45, 2.75) is 24.0 Å². The molecule has 0 aliphatic heterocycles. The first-order valence-corrected chi connectivity index (χ1v) is 15.2. The molecule has 0 bridgehead atoms. The summed E-state index contributed by atoms with van der Waals surface area (Å²) in [6.07, 6.45) is 3.71. The Hall–Kier alpha value is -4.81. The van der Waals surface area contributed by atoms with Crippen LogP contribution in [-0.4, -0.2) is 19.9 Å². The number of nitrogens with zero attached hydrogens (tertiary/aromatic N) is 2. The summed E-state index contributed by atoms with van der Waals surface area (Å²) < 4.78 is 13.5. The number of aromatic nitrogens is 2. The quantitative estimate of drug-likeness (QED) is 0.228. The number of nitrogen functional groups attached to an aromatic ring is 1. The monoisotopic (exact) mass is 589 g/mol. The van der Waals surface area contributed by atoms with Crippen LogP contribution in [0.4, 0.5) is 5.69 Å². The normalized spacial score (nSPS) is 9.39. The molecule has 0 saturated carbocycles. The zero-order valence-electron chi connectivity index (χ0n) is 22.7. The number of benzene rings is 1. The zero-order chi connectivity index (χ0) is 29.9. The van der Waals surface area contributed by atoms with Crippen molar-refractivity contribution >= 4 is 49.4 Å². The minimum absolute atomic E-state index is 0.599. The predicted octanol–water partition coefficient (Wildman–Crippen LogP) is 8.73. The molecule has 3 aromatic heterocycles. The van der Waals surface area contributed by atoms with Crippen molar-refractivity contribution in [1.82, 2.24) is 9.97 Å². The Morgan fingerprint density at radius 1 is 0.927 bits per heavy atom. The van der Waals surface area contributed by atoms with Gasteiger partial charge in [0.15, 0.2) is 0 Å². The SMILES string of the molecule is C=C=C=C=C=C=C.C=C=C=C=C=C=C.CCCCS(=O)c1sc2nc(-c3nccs3)cc(-c3ccccc3)c2c1N. The van der Waals surface area contributed by atoms with Crippen molar-refractivity contribution in [2.75, 3.05) is 11.5 Å². The van der Waals surface area contributed by atoms with Crippen LogP contribution in [0.3, 0.4) is 0 Å². The van der Waals surface area contributed by atoms with E-state index in [0.717, 1.165) is 49.1 Å². The van der Waals surface area contributed by atoms with Gasteiger partial charge in [0.1, 0.15) is 19.7 Å². The minimum atomic E-state index is -1.10. The standard InChI is InChI=1S/C20H19N3OS3.2C7H4/c1-2-3-11-27(24)20-17(21)16-14(13-7-5-4-6-8-13)12-15(23-19(16)26-20)18-22-9-10-25-18;2*1-3-5-7-6-4-2/h4-10,12H,2-3,11,21H2,1H3;2*1-2H2. The summed E-state index contributed by atoms with van der Waals surface area (Å²) in [7, 11) is -1.10. The summed E-state index contributed by atoms with van der Waals surface area (Å²) in [6.45, 7) is 15.1. The molecule has 41 heavy (non-hydrogen) atoms. The van der Waals surface area contributed by atoms with E-state index in [4.69, 9.17) is 10.7 Å². The van der Waals surface area contributed by atoms with Crippen LogP contribution in [0.1, 0.15) is 19.8 Å². The summed E-state index contributed by atoms with van der Waals surface area (Å²) in [5.41, 5.74) is 34.0. The number of pyridine rings is 1. The van der Waals surface area contributed by atoms with Crippen LogP contribution in [0.15, 0.2) is 136 Å². The second-order valence-electron chi connectivity index (χ2n) is 7.60. The van der Waals surface area contributed by atoms with Gasteiger partial charge in [-0.1, -0.05) is 66.6 Å². The van der Waals surface area contributed by atoms with Gasteiger partial charge in [-0.05, 0) is 84.3 Å². The van der Waals surface area contributed by atoms with Gasteiger partial charge >= 0.3 is 0 Å². The molecule has 4 nitrogen and oxygen atoms in total. The lowest BCUT2D eigenvalue weighted by Crippen LogP contribution is -1.99. The molecule has 1 atom stereocenters. The smallest absolute Gasteiger partial charge is 0.141 e. The fraction of sp³-hybridized carbons (Fsp3) is 0.118. The first-order valence-electron chi connectivity index (χ1n) is 12.2. The Labute approximate surface area is 251 Å². The molecule has 4 rings (SSSR count). The van der Waals surface area contributed by atoms with E-state index >= 15 is 0 Å². The van der Waals surface area contributed by atoms with Crippen molar-refractivity contribution < 1.29 is 4.21 Å². The molecule has 0 saturated heterocycles. The summed E-state index contributed by atoms with van der Waals surface area (Å²) in [4.78, 5) is 10.0. The van der Waals surface area contributed by atoms with E-state index in [1.165, 1.54) is 11.3 Å². The third kappa shape index (κ3) is 10.0. The molecule has 0 aliphatic carbocycles. The molecule has 0 spiro atoms. The van der Waals surface area contributed by atoms with Crippen molar-refractivity contribution in [3.63, 3.8) is 0 Å². The Kier molecular flexibility index (Phi) is 14.6. The van der Waals surface area contributed by atoms with Gasteiger partial charge in [-0.3, -0.25) is 4.21 Å². The highest BCUT2D eigenvalue weighted by molar-refractivity contribution is 7.87. The Morgan fingerprint density at radius 2 is 1.54 bits per heavy atom. The van der Waals surface area contributed by atoms with Gasteiger partial charge in [0, 0.05) is 22.7 Å². The maximum Gasteiger partial charge on any atom is 0.141 e. The average Bonchev–Trinajstić information content (AvgIpc) is 3.66. The average molecular weight is 590 g/mol. The number of thiazole rings is 1. The molecule has 0 fully saturated rings. The Balaban J connectivity index is 0.000000349. The molecular weight excluding hydrogens is 563 g/mol. The number of unbranched alkanes of at least 4 members (excludes halogenated alkanes) is 1. The van der Waals surface area contributed by atoms with Gasteiger partial charge < -0.3 is 5.73 Å². The van der Waals surface area contributed by atoms with Crippen molar-refractivity contribution in [3.05, 3.63) is 132 Å². The first kappa shape index (κ1) is 32.4. The maximum absolute atomic E-state index is 12.8. The highest BCUT2D eigenvalue weighted by Crippen LogP contribution is 2.42. The van der Waals surface area contributed by atoms with Crippen LogP contribution >= 0.6 is 22.7 Å². The van der Waals surface area contributed by atoms with E-state index in [1.54, 1.807) is 17.5 Å². The second kappa shape index (κ2) is 18.5. The molecule has 0 aliphatic rings. The summed E-state index contributed by atoms with van der Waals surface area (Å²) >= 11 is 3.00. The van der Waals surface area contributed by atoms with Crippen molar-refractivity contribution in [2.24, 2.45) is 0 Å². The van der Waals surface area contributed by atoms with Gasteiger partial charge in [0.25, 0.3) is 0 Å². The van der Waals surface area contributed by atoms with Gasteiger partial charge in [0.05, 0.1) is 16.5 Å². The molecule has 202 valence electrons. The molecule has 0 radical (unpaired) electrons. The van der Waals surface area contributed by atoms with Crippen molar-refractivity contribution in [1.29, 1.82) is 0 Å². The summed E-state index contributed by atoms with van der Waals surface area (Å²) in [5, 5.41) is 3.71. The lowest BCUT2D eigenvalue weighted by Gasteiger charge is -2.07. The van der Waals surface area contributed by atoms with Gasteiger partial charge in [0.2, 0.25) is 0 Å². The fourth-order valence-electron chi connectivity index (χ4n) is 3.18. The van der Waals surface area contributed by atoms with E-state index < -0.39 is 10.8 Å². The summed E-state index contributed by atoms with van der Waals surface area (Å²) in [5.74, 6) is 0.632. The number of rotatable bonds is 6. The van der Waals surface area contributed by atoms with Crippen LogP contribution in [0.5, 0.6) is 0 Å². The number of hydrogen-bond acceptors (Lipinski definition) is 6. The van der Waals surface area contributed by atoms with Crippen LogP contribution < -0.4 is 5.73 Å². The third-order valence-electron chi connectivity index (χ3n) is 4.89. The van der Waals surface area contributed by atoms with Crippen LogP contribution in [0.2, 0.25) is 0 Å². The molecule has 2 N–H and O–H groups in total. The minimum Gasteiger partial charge on any atom is -0.396 e. The number of anilines is 1. The number of nitrogens with two attached hydrogens (primary N) is 1. The topological polar surface area (TPSA) is 68.9 Å². The van der Waals surface area contributed by atoms with E-state index in [-0.39, 0.29) is 0 Å². The summed E-state index contributed by atoms with van der Waals surface area (Å²) in [6, 6.07) is 12.2. The molecule has 0 amide bonds. The predicted molar refractivity (Wildman–Crippen MR) is 174 cm³/mol. The van der Waals surface area contributed by atoms with Gasteiger partial charge in [-0.15, -0.1) is 22.7 Å². The lowest BCUT2D eigenvalue weighted by molar-refractivity contribution is 0.681. The van der Waals surface area contributed by atoms with E-state index in [2.05, 4.69) is 108 Å². The molecule has 7 heteroatoms. The van der Waals surface area contributed by atoms with Gasteiger partial charge in [-0.25, -0.2) is 9.97 Å². The number of hydrogen-bond donors (Lipinski definition) is 1. The second-order valence-corrected chi connectivity index (χ2v) is 11.3. The van der Waals surface area contributed by atoms with Crippen LogP contribution in [-0.2, 0) is 10.8 Å². The largest absolute Gasteiger partial charge is 0.396 e. The highest BCUT2D eigenvalue weighted by Gasteiger charge is 2.21. The van der Waals surface area contributed by atoms with Crippen LogP contribution in [0, 0.1) is 0 Å². The van der Waals surface area contributed by atoms with Crippen molar-refractivity contribution in [3.8, 4) is 21.8 Å².